The smallest absolute Gasteiger partial charge is 0.271 e. The van der Waals surface area contributed by atoms with Gasteiger partial charge in [-0.1, -0.05) is 6.07 Å². The van der Waals surface area contributed by atoms with Crippen molar-refractivity contribution in [2.45, 2.75) is 4.21 Å². The molecular formula is C10H12N4O2S2. The molecule has 2 rings (SSSR count). The first-order valence-corrected chi connectivity index (χ1v) is 7.41. The average molecular weight is 284 g/mol. The predicted molar refractivity (Wildman–Crippen MR) is 71.5 cm³/mol. The van der Waals surface area contributed by atoms with E-state index in [0.29, 0.717) is 11.6 Å². The fourth-order valence-electron chi connectivity index (χ4n) is 1.23. The van der Waals surface area contributed by atoms with Gasteiger partial charge in [0.15, 0.2) is 0 Å². The zero-order valence-electron chi connectivity index (χ0n) is 9.86. The SMILES string of the molecule is CN(C)c1ncc(NS(=O)(=O)c2cccs2)cn1. The molecule has 2 aromatic rings. The van der Waals surface area contributed by atoms with Crippen LogP contribution in [-0.2, 0) is 10.0 Å². The lowest BCUT2D eigenvalue weighted by Crippen LogP contribution is -2.15. The van der Waals surface area contributed by atoms with E-state index in [2.05, 4.69) is 14.7 Å². The lowest BCUT2D eigenvalue weighted by atomic mass is 10.6. The van der Waals surface area contributed by atoms with Crippen molar-refractivity contribution in [3.05, 3.63) is 29.9 Å². The summed E-state index contributed by atoms with van der Waals surface area (Å²) in [4.78, 5) is 9.80. The van der Waals surface area contributed by atoms with Crippen molar-refractivity contribution >= 4 is 33.0 Å². The molecule has 0 aliphatic rings. The normalized spacial score (nSPS) is 11.2. The second kappa shape index (κ2) is 4.91. The number of hydrogen-bond acceptors (Lipinski definition) is 6. The Labute approximate surface area is 109 Å². The van der Waals surface area contributed by atoms with Gasteiger partial charge in [-0.2, -0.15) is 0 Å². The third-order valence-corrected chi connectivity index (χ3v) is 4.83. The maximum Gasteiger partial charge on any atom is 0.271 e. The van der Waals surface area contributed by atoms with Crippen molar-refractivity contribution in [2.24, 2.45) is 0 Å². The topological polar surface area (TPSA) is 75.2 Å². The molecule has 0 aliphatic heterocycles. The van der Waals surface area contributed by atoms with Crippen LogP contribution in [0.3, 0.4) is 0 Å². The maximum absolute atomic E-state index is 11.9. The molecule has 0 amide bonds. The molecule has 0 aliphatic carbocycles. The summed E-state index contributed by atoms with van der Waals surface area (Å²) in [6.45, 7) is 0. The first kappa shape index (κ1) is 12.8. The highest BCUT2D eigenvalue weighted by atomic mass is 32.2. The van der Waals surface area contributed by atoms with Gasteiger partial charge in [0.05, 0.1) is 18.1 Å². The highest BCUT2D eigenvalue weighted by molar-refractivity contribution is 7.94. The molecular weight excluding hydrogens is 272 g/mol. The fraction of sp³-hybridized carbons (Fsp3) is 0.200. The molecule has 0 bridgehead atoms. The van der Waals surface area contributed by atoms with Gasteiger partial charge in [-0.3, -0.25) is 4.72 Å². The second-order valence-corrected chi connectivity index (χ2v) is 6.56. The van der Waals surface area contributed by atoms with Crippen molar-refractivity contribution in [2.75, 3.05) is 23.7 Å². The van der Waals surface area contributed by atoms with Crippen LogP contribution in [0.1, 0.15) is 0 Å². The van der Waals surface area contributed by atoms with Gasteiger partial charge in [0, 0.05) is 14.1 Å². The van der Waals surface area contributed by atoms with Gasteiger partial charge in [-0.15, -0.1) is 11.3 Å². The molecule has 6 nitrogen and oxygen atoms in total. The van der Waals surface area contributed by atoms with E-state index in [1.54, 1.807) is 22.4 Å². The number of sulfonamides is 1. The number of thiophene rings is 1. The Bertz CT molecular complexity index is 606. The molecule has 0 spiro atoms. The number of nitrogens with one attached hydrogen (secondary N) is 1. The minimum Gasteiger partial charge on any atom is -0.347 e. The Balaban J connectivity index is 2.20. The van der Waals surface area contributed by atoms with Crippen LogP contribution in [0.25, 0.3) is 0 Å². The lowest BCUT2D eigenvalue weighted by Gasteiger charge is -2.10. The van der Waals surface area contributed by atoms with Gasteiger partial charge in [-0.05, 0) is 11.4 Å². The number of nitrogens with zero attached hydrogens (tertiary/aromatic N) is 3. The summed E-state index contributed by atoms with van der Waals surface area (Å²) in [5, 5.41) is 1.71. The van der Waals surface area contributed by atoms with Gasteiger partial charge in [0.25, 0.3) is 10.0 Å². The van der Waals surface area contributed by atoms with Gasteiger partial charge in [0.1, 0.15) is 4.21 Å². The van der Waals surface area contributed by atoms with Crippen LogP contribution in [0, 0.1) is 0 Å². The summed E-state index contributed by atoms with van der Waals surface area (Å²) >= 11 is 1.16. The van der Waals surface area contributed by atoms with Gasteiger partial charge in [0.2, 0.25) is 5.95 Å². The van der Waals surface area contributed by atoms with Crippen molar-refractivity contribution in [3.8, 4) is 0 Å². The van der Waals surface area contributed by atoms with Crippen molar-refractivity contribution in [1.29, 1.82) is 0 Å². The molecule has 2 heterocycles. The zero-order valence-corrected chi connectivity index (χ0v) is 11.5. The minimum atomic E-state index is -3.53. The minimum absolute atomic E-state index is 0.263. The first-order chi connectivity index (χ1) is 8.49. The average Bonchev–Trinajstić information content (AvgIpc) is 2.83. The van der Waals surface area contributed by atoms with Crippen LogP contribution in [0.2, 0.25) is 0 Å². The van der Waals surface area contributed by atoms with E-state index in [-0.39, 0.29) is 4.21 Å². The third-order valence-electron chi connectivity index (χ3n) is 2.05. The molecule has 0 unspecified atom stereocenters. The zero-order chi connectivity index (χ0) is 13.2. The molecule has 2 aromatic heterocycles. The summed E-state index contributed by atoms with van der Waals surface area (Å²) in [5.74, 6) is 0.522. The Kier molecular flexibility index (Phi) is 3.48. The van der Waals surface area contributed by atoms with E-state index in [4.69, 9.17) is 0 Å². The van der Waals surface area contributed by atoms with Crippen LogP contribution in [0.5, 0.6) is 0 Å². The molecule has 0 radical (unpaired) electrons. The molecule has 18 heavy (non-hydrogen) atoms. The number of aromatic nitrogens is 2. The Hall–Kier alpha value is -1.67. The van der Waals surface area contributed by atoms with E-state index in [0.717, 1.165) is 11.3 Å². The third kappa shape index (κ3) is 2.77. The largest absolute Gasteiger partial charge is 0.347 e. The van der Waals surface area contributed by atoms with Crippen LogP contribution < -0.4 is 9.62 Å². The van der Waals surface area contributed by atoms with E-state index < -0.39 is 10.0 Å². The van der Waals surface area contributed by atoms with Crippen LogP contribution >= 0.6 is 11.3 Å². The van der Waals surface area contributed by atoms with E-state index in [1.165, 1.54) is 12.4 Å². The summed E-state index contributed by atoms with van der Waals surface area (Å²) in [7, 11) is 0.0925. The Morgan fingerprint density at radius 3 is 2.44 bits per heavy atom. The molecule has 96 valence electrons. The predicted octanol–water partition coefficient (Wildman–Crippen LogP) is 1.40. The molecule has 0 saturated carbocycles. The summed E-state index contributed by atoms with van der Waals surface area (Å²) < 4.78 is 26.5. The van der Waals surface area contributed by atoms with Crippen molar-refractivity contribution in [3.63, 3.8) is 0 Å². The number of anilines is 2. The summed E-state index contributed by atoms with van der Waals surface area (Å²) in [6.07, 6.45) is 2.88. The molecule has 0 atom stereocenters. The highest BCUT2D eigenvalue weighted by Gasteiger charge is 2.15. The summed E-state index contributed by atoms with van der Waals surface area (Å²) in [6, 6.07) is 3.23. The summed E-state index contributed by atoms with van der Waals surface area (Å²) in [5.41, 5.74) is 0.342. The van der Waals surface area contributed by atoms with Gasteiger partial charge < -0.3 is 4.90 Å². The van der Waals surface area contributed by atoms with Crippen molar-refractivity contribution < 1.29 is 8.42 Å². The number of rotatable bonds is 4. The molecule has 0 saturated heterocycles. The number of hydrogen-bond donors (Lipinski definition) is 1. The standard InChI is InChI=1S/C10H12N4O2S2/c1-14(2)10-11-6-8(7-12-10)13-18(15,16)9-4-3-5-17-9/h3-7,13H,1-2H3. The second-order valence-electron chi connectivity index (χ2n) is 3.70. The fourth-order valence-corrected chi connectivity index (χ4v) is 3.25. The van der Waals surface area contributed by atoms with E-state index in [1.807, 2.05) is 14.1 Å². The molecule has 0 aromatic carbocycles. The quantitative estimate of drug-likeness (QED) is 0.918. The first-order valence-electron chi connectivity index (χ1n) is 5.05. The molecule has 8 heteroatoms. The maximum atomic E-state index is 11.9. The van der Waals surface area contributed by atoms with Gasteiger partial charge in [-0.25, -0.2) is 18.4 Å². The van der Waals surface area contributed by atoms with Crippen LogP contribution in [-0.4, -0.2) is 32.5 Å². The molecule has 0 fully saturated rings. The Morgan fingerprint density at radius 1 is 1.28 bits per heavy atom. The highest BCUT2D eigenvalue weighted by Crippen LogP contribution is 2.19. The lowest BCUT2D eigenvalue weighted by molar-refractivity contribution is 0.603. The molecule has 1 N–H and O–H groups in total. The van der Waals surface area contributed by atoms with Crippen molar-refractivity contribution in [1.82, 2.24) is 9.97 Å². The van der Waals surface area contributed by atoms with Crippen LogP contribution in [0.15, 0.2) is 34.1 Å². The van der Waals surface area contributed by atoms with E-state index >= 15 is 0 Å². The van der Waals surface area contributed by atoms with Crippen LogP contribution in [0.4, 0.5) is 11.6 Å². The monoisotopic (exact) mass is 284 g/mol. The Morgan fingerprint density at radius 2 is 1.94 bits per heavy atom. The van der Waals surface area contributed by atoms with E-state index in [9.17, 15) is 8.42 Å². The van der Waals surface area contributed by atoms with Gasteiger partial charge >= 0.3 is 0 Å².